The van der Waals surface area contributed by atoms with E-state index in [1.807, 2.05) is 0 Å². The van der Waals surface area contributed by atoms with E-state index in [9.17, 15) is 0 Å². The van der Waals surface area contributed by atoms with Gasteiger partial charge in [0.1, 0.15) is 0 Å². The van der Waals surface area contributed by atoms with Crippen LogP contribution in [0.3, 0.4) is 0 Å². The summed E-state index contributed by atoms with van der Waals surface area (Å²) in [6, 6.07) is 101. The van der Waals surface area contributed by atoms with Crippen LogP contribution < -0.4 is 4.90 Å². The average molecular weight is 867 g/mol. The summed E-state index contributed by atoms with van der Waals surface area (Å²) in [5, 5.41) is 2.50. The lowest BCUT2D eigenvalue weighted by Gasteiger charge is -2.27. The van der Waals surface area contributed by atoms with Gasteiger partial charge in [-0.15, -0.1) is 0 Å². The maximum Gasteiger partial charge on any atom is 0.0541 e. The lowest BCUT2D eigenvalue weighted by molar-refractivity contribution is 1.17. The molecular weight excluding hydrogens is 821 g/mol. The minimum absolute atomic E-state index is 1.07. The lowest BCUT2D eigenvalue weighted by atomic mass is 9.84. The number of benzene rings is 11. The van der Waals surface area contributed by atoms with Crippen molar-refractivity contribution in [1.82, 2.24) is 4.57 Å². The number of fused-ring (bicyclic) bond motifs is 3. The molecule has 1 aromatic heterocycles. The third kappa shape index (κ3) is 7.54. The first kappa shape index (κ1) is 40.5. The van der Waals surface area contributed by atoms with Crippen molar-refractivity contribution in [3.8, 4) is 72.4 Å². The molecule has 0 radical (unpaired) electrons. The van der Waals surface area contributed by atoms with E-state index in [1.54, 1.807) is 0 Å². The van der Waals surface area contributed by atoms with Gasteiger partial charge in [0.05, 0.1) is 11.0 Å². The van der Waals surface area contributed by atoms with Gasteiger partial charge in [-0.05, 0) is 127 Å². The summed E-state index contributed by atoms with van der Waals surface area (Å²) in [4.78, 5) is 2.39. The van der Waals surface area contributed by atoms with Crippen molar-refractivity contribution in [3.63, 3.8) is 0 Å². The minimum Gasteiger partial charge on any atom is -0.310 e. The van der Waals surface area contributed by atoms with Gasteiger partial charge in [0, 0.05) is 33.5 Å². The summed E-state index contributed by atoms with van der Waals surface area (Å²) in [5.41, 5.74) is 21.0. The first-order valence-electron chi connectivity index (χ1n) is 23.3. The zero-order valence-corrected chi connectivity index (χ0v) is 37.5. The van der Waals surface area contributed by atoms with Crippen LogP contribution in [-0.4, -0.2) is 4.57 Å². The van der Waals surface area contributed by atoms with E-state index in [0.717, 1.165) is 28.3 Å². The zero-order chi connectivity index (χ0) is 45.2. The molecule has 11 aromatic carbocycles. The standard InChI is InChI=1S/C66H46N2/c1-4-18-47(19-5-1)48-34-36-49(37-35-48)50-38-40-54(41-39-50)67(55-42-44-56(45-43-55)68-64-32-14-12-27-61(64)62-28-13-15-33-65(62)68)57-25-16-24-53(46-57)60-31-17-30-59(52-22-8-3-9-23-52)66(60)63-29-11-10-26-58(63)51-20-6-2-7-21-51/h1-46H. The van der Waals surface area contributed by atoms with E-state index in [2.05, 4.69) is 289 Å². The first-order valence-corrected chi connectivity index (χ1v) is 23.3. The fourth-order valence-electron chi connectivity index (χ4n) is 10.0. The molecule has 12 aromatic rings. The van der Waals surface area contributed by atoms with Gasteiger partial charge in [0.2, 0.25) is 0 Å². The molecule has 0 unspecified atom stereocenters. The smallest absolute Gasteiger partial charge is 0.0541 e. The summed E-state index contributed by atoms with van der Waals surface area (Å²) >= 11 is 0. The molecule has 1 heterocycles. The number of anilines is 3. The van der Waals surface area contributed by atoms with Crippen molar-refractivity contribution < 1.29 is 0 Å². The molecule has 0 N–H and O–H groups in total. The second-order valence-electron chi connectivity index (χ2n) is 17.3. The van der Waals surface area contributed by atoms with Gasteiger partial charge >= 0.3 is 0 Å². The number of hydrogen-bond acceptors (Lipinski definition) is 1. The molecule has 0 fully saturated rings. The molecule has 0 atom stereocenters. The predicted molar refractivity (Wildman–Crippen MR) is 288 cm³/mol. The lowest BCUT2D eigenvalue weighted by Crippen LogP contribution is -2.10. The molecule has 2 heteroatoms. The molecule has 0 amide bonds. The molecule has 2 nitrogen and oxygen atoms in total. The Kier molecular flexibility index (Phi) is 10.6. The second kappa shape index (κ2) is 17.8. The highest BCUT2D eigenvalue weighted by molar-refractivity contribution is 6.09. The Bertz CT molecular complexity index is 3630. The van der Waals surface area contributed by atoms with Crippen LogP contribution in [0.1, 0.15) is 0 Å². The molecule has 0 aliphatic rings. The van der Waals surface area contributed by atoms with Crippen LogP contribution in [0.25, 0.3) is 94.3 Å². The normalized spacial score (nSPS) is 11.2. The Morgan fingerprint density at radius 1 is 0.235 bits per heavy atom. The van der Waals surface area contributed by atoms with E-state index in [0.29, 0.717) is 0 Å². The minimum atomic E-state index is 1.07. The number of para-hydroxylation sites is 2. The van der Waals surface area contributed by atoms with Crippen molar-refractivity contribution in [2.45, 2.75) is 0 Å². The molecule has 0 saturated heterocycles. The first-order chi connectivity index (χ1) is 33.7. The van der Waals surface area contributed by atoms with Crippen molar-refractivity contribution >= 4 is 38.9 Å². The maximum atomic E-state index is 2.39. The van der Waals surface area contributed by atoms with Crippen LogP contribution in [0.4, 0.5) is 17.1 Å². The quantitative estimate of drug-likeness (QED) is 0.133. The summed E-state index contributed by atoms with van der Waals surface area (Å²) < 4.78 is 2.38. The highest BCUT2D eigenvalue weighted by atomic mass is 15.1. The Morgan fingerprint density at radius 2 is 0.618 bits per heavy atom. The summed E-state index contributed by atoms with van der Waals surface area (Å²) in [6.45, 7) is 0. The van der Waals surface area contributed by atoms with Crippen LogP contribution in [0.15, 0.2) is 279 Å². The molecular formula is C66H46N2. The van der Waals surface area contributed by atoms with Crippen molar-refractivity contribution in [3.05, 3.63) is 279 Å². The van der Waals surface area contributed by atoms with Crippen LogP contribution in [0.5, 0.6) is 0 Å². The monoisotopic (exact) mass is 866 g/mol. The van der Waals surface area contributed by atoms with E-state index < -0.39 is 0 Å². The molecule has 0 aliphatic carbocycles. The summed E-state index contributed by atoms with van der Waals surface area (Å²) in [6.07, 6.45) is 0. The fraction of sp³-hybridized carbons (Fsp3) is 0. The third-order valence-electron chi connectivity index (χ3n) is 13.2. The molecule has 0 aliphatic heterocycles. The highest BCUT2D eigenvalue weighted by Gasteiger charge is 2.20. The van der Waals surface area contributed by atoms with Gasteiger partial charge in [-0.25, -0.2) is 0 Å². The third-order valence-corrected chi connectivity index (χ3v) is 13.2. The number of aromatic nitrogens is 1. The second-order valence-corrected chi connectivity index (χ2v) is 17.3. The average Bonchev–Trinajstić information content (AvgIpc) is 3.76. The van der Waals surface area contributed by atoms with Crippen molar-refractivity contribution in [2.24, 2.45) is 0 Å². The Labute approximate surface area is 397 Å². The van der Waals surface area contributed by atoms with Gasteiger partial charge in [-0.1, -0.05) is 218 Å². The number of rotatable bonds is 10. The zero-order valence-electron chi connectivity index (χ0n) is 37.5. The van der Waals surface area contributed by atoms with Crippen LogP contribution in [0, 0.1) is 0 Å². The van der Waals surface area contributed by atoms with Gasteiger partial charge < -0.3 is 9.47 Å². The van der Waals surface area contributed by atoms with Crippen LogP contribution in [-0.2, 0) is 0 Å². The molecule has 12 rings (SSSR count). The maximum absolute atomic E-state index is 2.39. The van der Waals surface area contributed by atoms with Gasteiger partial charge in [-0.3, -0.25) is 0 Å². The predicted octanol–water partition coefficient (Wildman–Crippen LogP) is 18.3. The van der Waals surface area contributed by atoms with E-state index in [4.69, 9.17) is 0 Å². The summed E-state index contributed by atoms with van der Waals surface area (Å²) in [5.74, 6) is 0. The Morgan fingerprint density at radius 3 is 1.19 bits per heavy atom. The molecule has 0 spiro atoms. The topological polar surface area (TPSA) is 8.17 Å². The van der Waals surface area contributed by atoms with E-state index >= 15 is 0 Å². The number of hydrogen-bond donors (Lipinski definition) is 0. The molecule has 320 valence electrons. The van der Waals surface area contributed by atoms with Crippen molar-refractivity contribution in [2.75, 3.05) is 4.90 Å². The van der Waals surface area contributed by atoms with Crippen LogP contribution in [0.2, 0.25) is 0 Å². The molecule has 0 bridgehead atoms. The Hall–Kier alpha value is -8.98. The molecule has 0 saturated carbocycles. The van der Waals surface area contributed by atoms with Gasteiger partial charge in [0.25, 0.3) is 0 Å². The van der Waals surface area contributed by atoms with Crippen molar-refractivity contribution in [1.29, 1.82) is 0 Å². The van der Waals surface area contributed by atoms with E-state index in [-0.39, 0.29) is 0 Å². The Balaban J connectivity index is 0.997. The van der Waals surface area contributed by atoms with Crippen LogP contribution >= 0.6 is 0 Å². The van der Waals surface area contributed by atoms with Gasteiger partial charge in [0.15, 0.2) is 0 Å². The summed E-state index contributed by atoms with van der Waals surface area (Å²) in [7, 11) is 0. The van der Waals surface area contributed by atoms with Gasteiger partial charge in [-0.2, -0.15) is 0 Å². The number of nitrogens with zero attached hydrogens (tertiary/aromatic N) is 2. The SMILES string of the molecule is c1ccc(-c2ccc(-c3ccc(N(c4ccc(-n5c6ccccc6c6ccccc65)cc4)c4cccc(-c5cccc(-c6ccccc6)c5-c5ccccc5-c5ccccc5)c4)cc3)cc2)cc1. The largest absolute Gasteiger partial charge is 0.310 e. The highest BCUT2D eigenvalue weighted by Crippen LogP contribution is 2.46. The van der Waals surface area contributed by atoms with E-state index in [1.165, 1.54) is 83.0 Å². The molecule has 68 heavy (non-hydrogen) atoms. The fourth-order valence-corrected chi connectivity index (χ4v) is 10.0.